The monoisotopic (exact) mass is 281 g/mol. The zero-order valence-electron chi connectivity index (χ0n) is 10.0. The Morgan fingerprint density at radius 2 is 2.06 bits per heavy atom. The summed E-state index contributed by atoms with van der Waals surface area (Å²) in [6.07, 6.45) is -0.827. The molecule has 4 nitrogen and oxygen atoms in total. The lowest BCUT2D eigenvalue weighted by atomic mass is 10.0. The average Bonchev–Trinajstić information content (AvgIpc) is 2.24. The van der Waals surface area contributed by atoms with E-state index in [1.54, 1.807) is 26.8 Å². The number of carbonyl (C=O) groups excluding carboxylic acids is 1. The number of hydrogen-bond donors (Lipinski definition) is 2. The van der Waals surface area contributed by atoms with Gasteiger partial charge in [0.15, 0.2) is 0 Å². The molecule has 0 bridgehead atoms. The quantitative estimate of drug-likeness (QED) is 0.761. The molecule has 98 valence electrons. The number of nitrogens with two attached hydrogens (primary N) is 1. The first-order valence-electron chi connectivity index (χ1n) is 5.17. The molecule has 0 saturated carbocycles. The minimum atomic E-state index is -1.10. The molecule has 0 heterocycles. The van der Waals surface area contributed by atoms with E-state index in [0.29, 0.717) is 22.1 Å². The summed E-state index contributed by atoms with van der Waals surface area (Å²) in [5.41, 5.74) is 5.26. The number of allylic oxidation sites excluding steroid dienone is 2. The van der Waals surface area contributed by atoms with E-state index in [2.05, 4.69) is 0 Å². The Morgan fingerprint density at radius 1 is 1.53 bits per heavy atom. The van der Waals surface area contributed by atoms with Gasteiger partial charge in [-0.25, -0.2) is 4.79 Å². The highest BCUT2D eigenvalue weighted by atomic mass is 35.5. The highest BCUT2D eigenvalue weighted by Gasteiger charge is 2.27. The minimum Gasteiger partial charge on any atom is -0.443 e. The van der Waals surface area contributed by atoms with Gasteiger partial charge in [-0.1, -0.05) is 36.2 Å². The lowest BCUT2D eigenvalue weighted by Gasteiger charge is -2.23. The summed E-state index contributed by atoms with van der Waals surface area (Å²) in [6.45, 7) is 5.06. The first-order valence-corrected chi connectivity index (χ1v) is 5.93. The molecular weight excluding hydrogens is 265 g/mol. The Kier molecular flexibility index (Phi) is 7.27. The first-order chi connectivity index (χ1) is 7.84. The number of primary amides is 1. The van der Waals surface area contributed by atoms with Crippen molar-refractivity contribution in [2.45, 2.75) is 39.4 Å². The Morgan fingerprint density at radius 3 is 2.35 bits per heavy atom. The van der Waals surface area contributed by atoms with Crippen molar-refractivity contribution in [3.05, 3.63) is 21.7 Å². The van der Waals surface area contributed by atoms with Crippen LogP contribution in [0.3, 0.4) is 0 Å². The van der Waals surface area contributed by atoms with Gasteiger partial charge in [0.2, 0.25) is 0 Å². The van der Waals surface area contributed by atoms with E-state index in [-0.39, 0.29) is 0 Å². The van der Waals surface area contributed by atoms with Gasteiger partial charge in [0.25, 0.3) is 0 Å². The summed E-state index contributed by atoms with van der Waals surface area (Å²) in [5, 5.41) is 10.7. The number of ether oxygens (including phenoxy) is 1. The zero-order valence-corrected chi connectivity index (χ0v) is 11.5. The van der Waals surface area contributed by atoms with Crippen molar-refractivity contribution in [3.63, 3.8) is 0 Å². The molecule has 0 aliphatic carbocycles. The van der Waals surface area contributed by atoms with Crippen LogP contribution in [-0.2, 0) is 4.74 Å². The largest absolute Gasteiger partial charge is 0.443 e. The van der Waals surface area contributed by atoms with Crippen molar-refractivity contribution < 1.29 is 14.6 Å². The van der Waals surface area contributed by atoms with E-state index < -0.39 is 18.3 Å². The van der Waals surface area contributed by atoms with Crippen molar-refractivity contribution in [3.8, 4) is 0 Å². The summed E-state index contributed by atoms with van der Waals surface area (Å²) in [5.74, 6) is 0. The summed E-state index contributed by atoms with van der Waals surface area (Å²) in [6, 6.07) is 0. The smallest absolute Gasteiger partial charge is 0.404 e. The average molecular weight is 282 g/mol. The summed E-state index contributed by atoms with van der Waals surface area (Å²) in [4.78, 5) is 10.7. The zero-order chi connectivity index (χ0) is 13.6. The molecule has 0 aromatic carbocycles. The second kappa shape index (κ2) is 7.58. The number of carbonyl (C=O) groups is 1. The number of amides is 1. The summed E-state index contributed by atoms with van der Waals surface area (Å²) >= 11 is 11.8. The fourth-order valence-electron chi connectivity index (χ4n) is 1.37. The van der Waals surface area contributed by atoms with Crippen LogP contribution >= 0.6 is 23.2 Å². The van der Waals surface area contributed by atoms with Gasteiger partial charge in [0, 0.05) is 15.6 Å². The van der Waals surface area contributed by atoms with E-state index >= 15 is 0 Å². The Hall–Kier alpha value is -0.710. The number of rotatable bonds is 5. The van der Waals surface area contributed by atoms with Gasteiger partial charge < -0.3 is 15.6 Å². The molecule has 0 aromatic rings. The van der Waals surface area contributed by atoms with Crippen LogP contribution in [0.2, 0.25) is 0 Å². The van der Waals surface area contributed by atoms with E-state index in [0.717, 1.165) is 0 Å². The van der Waals surface area contributed by atoms with Crippen LogP contribution in [0.25, 0.3) is 0 Å². The Labute approximate surface area is 111 Å². The SMILES string of the molecule is CC=C(Cl)C(=C(C)Cl)C(O)C(CC)OC(N)=O. The lowest BCUT2D eigenvalue weighted by Crippen LogP contribution is -2.34. The fraction of sp³-hybridized carbons (Fsp3) is 0.545. The molecule has 6 heteroatoms. The normalized spacial score (nSPS) is 17.2. The molecule has 0 rings (SSSR count). The highest BCUT2D eigenvalue weighted by Crippen LogP contribution is 2.27. The van der Waals surface area contributed by atoms with Gasteiger partial charge in [-0.2, -0.15) is 0 Å². The molecule has 0 aromatic heterocycles. The van der Waals surface area contributed by atoms with Crippen molar-refractivity contribution in [1.82, 2.24) is 0 Å². The molecule has 2 unspecified atom stereocenters. The topological polar surface area (TPSA) is 72.6 Å². The molecule has 0 aliphatic rings. The van der Waals surface area contributed by atoms with E-state index in [1.807, 2.05) is 0 Å². The lowest BCUT2D eigenvalue weighted by molar-refractivity contribution is 0.0236. The predicted molar refractivity (Wildman–Crippen MR) is 68.9 cm³/mol. The molecule has 0 saturated heterocycles. The van der Waals surface area contributed by atoms with Gasteiger partial charge in [0.05, 0.1) is 0 Å². The van der Waals surface area contributed by atoms with E-state index in [4.69, 9.17) is 33.7 Å². The van der Waals surface area contributed by atoms with Crippen LogP contribution < -0.4 is 5.73 Å². The van der Waals surface area contributed by atoms with Crippen molar-refractivity contribution in [2.75, 3.05) is 0 Å². The van der Waals surface area contributed by atoms with Crippen LogP contribution in [0.1, 0.15) is 27.2 Å². The van der Waals surface area contributed by atoms with Gasteiger partial charge >= 0.3 is 6.09 Å². The van der Waals surface area contributed by atoms with Crippen LogP contribution in [0.5, 0.6) is 0 Å². The Bertz CT molecular complexity index is 336. The van der Waals surface area contributed by atoms with Crippen LogP contribution in [-0.4, -0.2) is 23.4 Å². The first kappa shape index (κ1) is 16.3. The van der Waals surface area contributed by atoms with Gasteiger partial charge in [-0.05, 0) is 20.3 Å². The molecule has 0 fully saturated rings. The number of aliphatic hydroxyl groups excluding tert-OH is 1. The number of hydrogen-bond acceptors (Lipinski definition) is 3. The second-order valence-electron chi connectivity index (χ2n) is 3.41. The highest BCUT2D eigenvalue weighted by molar-refractivity contribution is 6.35. The maximum absolute atomic E-state index is 10.7. The predicted octanol–water partition coefficient (Wildman–Crippen LogP) is 2.88. The maximum Gasteiger partial charge on any atom is 0.404 e. The third-order valence-corrected chi connectivity index (χ3v) is 2.83. The third-order valence-electron chi connectivity index (χ3n) is 2.20. The van der Waals surface area contributed by atoms with Crippen LogP contribution in [0.4, 0.5) is 4.79 Å². The number of aliphatic hydroxyl groups is 1. The fourth-order valence-corrected chi connectivity index (χ4v) is 1.89. The molecular formula is C11H17Cl2NO3. The molecule has 17 heavy (non-hydrogen) atoms. The van der Waals surface area contributed by atoms with Crippen molar-refractivity contribution in [1.29, 1.82) is 0 Å². The molecule has 0 radical (unpaired) electrons. The second-order valence-corrected chi connectivity index (χ2v) is 4.39. The number of halogens is 2. The molecule has 0 aliphatic heterocycles. The third kappa shape index (κ3) is 4.98. The molecule has 1 amide bonds. The molecule has 0 spiro atoms. The standard InChI is InChI=1S/C11H17Cl2NO3/c1-4-7(13)9(6(3)12)10(15)8(5-2)17-11(14)16/h4,8,10,15H,5H2,1-3H3,(H2,14,16). The van der Waals surface area contributed by atoms with Gasteiger partial charge in [-0.15, -0.1) is 0 Å². The van der Waals surface area contributed by atoms with E-state index in [9.17, 15) is 9.90 Å². The van der Waals surface area contributed by atoms with Crippen LogP contribution in [0, 0.1) is 0 Å². The Balaban J connectivity index is 5.14. The van der Waals surface area contributed by atoms with Gasteiger partial charge in [-0.3, -0.25) is 0 Å². The maximum atomic E-state index is 10.7. The molecule has 3 N–H and O–H groups in total. The van der Waals surface area contributed by atoms with Crippen LogP contribution in [0.15, 0.2) is 21.7 Å². The molecule has 2 atom stereocenters. The minimum absolute atomic E-state index is 0.316. The van der Waals surface area contributed by atoms with Crippen molar-refractivity contribution >= 4 is 29.3 Å². The van der Waals surface area contributed by atoms with Gasteiger partial charge in [0.1, 0.15) is 12.2 Å². The van der Waals surface area contributed by atoms with Crippen molar-refractivity contribution in [2.24, 2.45) is 5.73 Å². The van der Waals surface area contributed by atoms with E-state index in [1.165, 1.54) is 0 Å². The summed E-state index contributed by atoms with van der Waals surface area (Å²) in [7, 11) is 0. The summed E-state index contributed by atoms with van der Waals surface area (Å²) < 4.78 is 4.80.